The SMILES string of the molecule is Cc1nn(C)cc1Nc1nnc(C(C)N)o1. The largest absolute Gasteiger partial charge is 0.406 e. The number of rotatable bonds is 3. The molecule has 2 rings (SSSR count). The minimum Gasteiger partial charge on any atom is -0.406 e. The fraction of sp³-hybridized carbons (Fsp3) is 0.444. The Kier molecular flexibility index (Phi) is 2.61. The second-order valence-electron chi connectivity index (χ2n) is 3.66. The Morgan fingerprint density at radius 1 is 1.50 bits per heavy atom. The molecule has 0 bridgehead atoms. The molecule has 16 heavy (non-hydrogen) atoms. The predicted octanol–water partition coefficient (Wildman–Crippen LogP) is 0.875. The van der Waals surface area contributed by atoms with Gasteiger partial charge in [0.25, 0.3) is 0 Å². The third-order valence-corrected chi connectivity index (χ3v) is 2.09. The van der Waals surface area contributed by atoms with Gasteiger partial charge in [0.1, 0.15) is 0 Å². The number of aromatic nitrogens is 4. The number of hydrogen-bond acceptors (Lipinski definition) is 6. The lowest BCUT2D eigenvalue weighted by Crippen LogP contribution is -2.04. The highest BCUT2D eigenvalue weighted by Crippen LogP contribution is 2.19. The Morgan fingerprint density at radius 3 is 2.75 bits per heavy atom. The van der Waals surface area contributed by atoms with Crippen LogP contribution in [0.15, 0.2) is 10.6 Å². The molecule has 0 amide bonds. The summed E-state index contributed by atoms with van der Waals surface area (Å²) in [5, 5.41) is 14.8. The van der Waals surface area contributed by atoms with E-state index in [1.807, 2.05) is 20.2 Å². The fourth-order valence-electron chi connectivity index (χ4n) is 1.31. The third kappa shape index (κ3) is 2.03. The van der Waals surface area contributed by atoms with Crippen LogP contribution in [-0.4, -0.2) is 20.0 Å². The summed E-state index contributed by atoms with van der Waals surface area (Å²) in [6.45, 7) is 3.68. The van der Waals surface area contributed by atoms with Crippen LogP contribution in [0.25, 0.3) is 0 Å². The maximum atomic E-state index is 5.61. The highest BCUT2D eigenvalue weighted by atomic mass is 16.4. The van der Waals surface area contributed by atoms with Gasteiger partial charge < -0.3 is 15.5 Å². The van der Waals surface area contributed by atoms with Crippen LogP contribution in [0.4, 0.5) is 11.7 Å². The molecule has 2 heterocycles. The summed E-state index contributed by atoms with van der Waals surface area (Å²) in [4.78, 5) is 0. The number of aryl methyl sites for hydroxylation is 2. The van der Waals surface area contributed by atoms with Crippen molar-refractivity contribution in [3.63, 3.8) is 0 Å². The van der Waals surface area contributed by atoms with Gasteiger partial charge in [0, 0.05) is 13.2 Å². The van der Waals surface area contributed by atoms with Gasteiger partial charge in [-0.2, -0.15) is 5.10 Å². The van der Waals surface area contributed by atoms with E-state index >= 15 is 0 Å². The van der Waals surface area contributed by atoms with Crippen molar-refractivity contribution in [2.45, 2.75) is 19.9 Å². The van der Waals surface area contributed by atoms with Crippen LogP contribution < -0.4 is 11.1 Å². The molecule has 0 aliphatic carbocycles. The molecule has 2 aromatic heterocycles. The van der Waals surface area contributed by atoms with E-state index in [1.54, 1.807) is 11.6 Å². The summed E-state index contributed by atoms with van der Waals surface area (Å²) in [6, 6.07) is 0.0569. The van der Waals surface area contributed by atoms with Crippen molar-refractivity contribution >= 4 is 11.7 Å². The Bertz CT molecular complexity index is 486. The molecule has 0 fully saturated rings. The second-order valence-corrected chi connectivity index (χ2v) is 3.66. The van der Waals surface area contributed by atoms with Gasteiger partial charge in [0.05, 0.1) is 17.4 Å². The normalized spacial score (nSPS) is 12.8. The van der Waals surface area contributed by atoms with E-state index in [2.05, 4.69) is 20.6 Å². The van der Waals surface area contributed by atoms with Crippen LogP contribution in [0, 0.1) is 6.92 Å². The number of nitrogens with two attached hydrogens (primary N) is 1. The molecule has 1 unspecified atom stereocenters. The molecule has 0 aromatic carbocycles. The fourth-order valence-corrected chi connectivity index (χ4v) is 1.31. The molecule has 0 saturated carbocycles. The van der Waals surface area contributed by atoms with Gasteiger partial charge in [-0.05, 0) is 13.8 Å². The quantitative estimate of drug-likeness (QED) is 0.800. The highest BCUT2D eigenvalue weighted by Gasteiger charge is 2.11. The van der Waals surface area contributed by atoms with Crippen LogP contribution in [0.2, 0.25) is 0 Å². The van der Waals surface area contributed by atoms with Crippen molar-refractivity contribution in [1.82, 2.24) is 20.0 Å². The lowest BCUT2D eigenvalue weighted by atomic mass is 10.4. The number of nitrogens with one attached hydrogen (secondary N) is 1. The monoisotopic (exact) mass is 222 g/mol. The van der Waals surface area contributed by atoms with Gasteiger partial charge in [0.2, 0.25) is 5.89 Å². The first kappa shape index (κ1) is 10.6. The Balaban J connectivity index is 2.17. The van der Waals surface area contributed by atoms with Gasteiger partial charge >= 0.3 is 6.01 Å². The van der Waals surface area contributed by atoms with Crippen LogP contribution >= 0.6 is 0 Å². The molecule has 0 saturated heterocycles. The van der Waals surface area contributed by atoms with Crippen molar-refractivity contribution in [3.8, 4) is 0 Å². The van der Waals surface area contributed by atoms with E-state index in [4.69, 9.17) is 10.2 Å². The Morgan fingerprint density at radius 2 is 2.25 bits per heavy atom. The summed E-state index contributed by atoms with van der Waals surface area (Å²) in [5.41, 5.74) is 7.31. The lowest BCUT2D eigenvalue weighted by Gasteiger charge is -1.98. The van der Waals surface area contributed by atoms with Crippen LogP contribution in [-0.2, 0) is 7.05 Å². The summed E-state index contributed by atoms with van der Waals surface area (Å²) >= 11 is 0. The van der Waals surface area contributed by atoms with Gasteiger partial charge in [0.15, 0.2) is 0 Å². The molecule has 0 aliphatic heterocycles. The van der Waals surface area contributed by atoms with E-state index in [1.165, 1.54) is 0 Å². The first-order valence-electron chi connectivity index (χ1n) is 4.92. The summed E-state index contributed by atoms with van der Waals surface area (Å²) in [7, 11) is 1.85. The molecule has 3 N–H and O–H groups in total. The average Bonchev–Trinajstić information content (AvgIpc) is 2.75. The van der Waals surface area contributed by atoms with Crippen molar-refractivity contribution in [1.29, 1.82) is 0 Å². The predicted molar refractivity (Wildman–Crippen MR) is 58.1 cm³/mol. The van der Waals surface area contributed by atoms with E-state index in [9.17, 15) is 0 Å². The lowest BCUT2D eigenvalue weighted by molar-refractivity contribution is 0.475. The van der Waals surface area contributed by atoms with Crippen molar-refractivity contribution in [2.75, 3.05) is 5.32 Å². The Labute approximate surface area is 92.6 Å². The molecule has 1 atom stereocenters. The van der Waals surface area contributed by atoms with Gasteiger partial charge in [-0.15, -0.1) is 5.10 Å². The topological polar surface area (TPSA) is 94.8 Å². The standard InChI is InChI=1S/C9H14N6O/c1-5(10)8-12-13-9(16-8)11-7-4-15(3)14-6(7)2/h4-5H,10H2,1-3H3,(H,11,13). The van der Waals surface area contributed by atoms with Crippen molar-refractivity contribution in [3.05, 3.63) is 17.8 Å². The molecular weight excluding hydrogens is 208 g/mol. The van der Waals surface area contributed by atoms with Crippen molar-refractivity contribution in [2.24, 2.45) is 12.8 Å². The Hall–Kier alpha value is -1.89. The van der Waals surface area contributed by atoms with Crippen LogP contribution in [0.1, 0.15) is 24.6 Å². The zero-order chi connectivity index (χ0) is 11.7. The summed E-state index contributed by atoms with van der Waals surface area (Å²) in [6.07, 6.45) is 1.84. The molecular formula is C9H14N6O. The van der Waals surface area contributed by atoms with Crippen LogP contribution in [0.3, 0.4) is 0 Å². The van der Waals surface area contributed by atoms with Gasteiger partial charge in [-0.25, -0.2) is 0 Å². The number of nitrogens with zero attached hydrogens (tertiary/aromatic N) is 4. The molecule has 0 radical (unpaired) electrons. The molecule has 7 heteroatoms. The highest BCUT2D eigenvalue weighted by molar-refractivity contribution is 5.53. The summed E-state index contributed by atoms with van der Waals surface area (Å²) in [5.74, 6) is 0.407. The number of anilines is 2. The first-order valence-corrected chi connectivity index (χ1v) is 4.92. The third-order valence-electron chi connectivity index (χ3n) is 2.09. The summed E-state index contributed by atoms with van der Waals surface area (Å²) < 4.78 is 7.03. The zero-order valence-electron chi connectivity index (χ0n) is 9.43. The molecule has 0 spiro atoms. The minimum atomic E-state index is -0.266. The zero-order valence-corrected chi connectivity index (χ0v) is 9.43. The van der Waals surface area contributed by atoms with E-state index in [-0.39, 0.29) is 6.04 Å². The van der Waals surface area contributed by atoms with E-state index in [0.717, 1.165) is 11.4 Å². The maximum Gasteiger partial charge on any atom is 0.320 e. The minimum absolute atomic E-state index is 0.266. The second kappa shape index (κ2) is 3.93. The van der Waals surface area contributed by atoms with Gasteiger partial charge in [-0.1, -0.05) is 5.10 Å². The smallest absolute Gasteiger partial charge is 0.320 e. The van der Waals surface area contributed by atoms with E-state index in [0.29, 0.717) is 11.9 Å². The van der Waals surface area contributed by atoms with Gasteiger partial charge in [-0.3, -0.25) is 4.68 Å². The first-order chi connectivity index (χ1) is 7.56. The molecule has 7 nitrogen and oxygen atoms in total. The molecule has 2 aromatic rings. The van der Waals surface area contributed by atoms with E-state index < -0.39 is 0 Å². The molecule has 86 valence electrons. The maximum absolute atomic E-state index is 5.61. The molecule has 0 aliphatic rings. The number of hydrogen-bond donors (Lipinski definition) is 2. The van der Waals surface area contributed by atoms with Crippen molar-refractivity contribution < 1.29 is 4.42 Å². The average molecular weight is 222 g/mol. The van der Waals surface area contributed by atoms with Crippen LogP contribution in [0.5, 0.6) is 0 Å².